The van der Waals surface area contributed by atoms with E-state index in [0.717, 1.165) is 54.6 Å². The van der Waals surface area contributed by atoms with Gasteiger partial charge in [0.2, 0.25) is 5.82 Å². The number of aryl methyl sites for hydroxylation is 1. The number of tetrazole rings is 1. The number of hydrogen-bond acceptors (Lipinski definition) is 8. The highest BCUT2D eigenvalue weighted by Gasteiger charge is 2.22. The zero-order valence-corrected chi connectivity index (χ0v) is 21.4. The van der Waals surface area contributed by atoms with E-state index in [1.807, 2.05) is 10.9 Å². The summed E-state index contributed by atoms with van der Waals surface area (Å²) in [4.78, 5) is 4.29. The molecule has 0 bridgehead atoms. The molecule has 200 valence electrons. The predicted molar refractivity (Wildman–Crippen MR) is 139 cm³/mol. The number of rotatable bonds is 10. The van der Waals surface area contributed by atoms with E-state index >= 15 is 4.39 Å². The molecule has 12 heteroatoms. The molecule has 0 spiro atoms. The van der Waals surface area contributed by atoms with E-state index in [4.69, 9.17) is 10.5 Å². The number of anilines is 1. The highest BCUT2D eigenvalue weighted by molar-refractivity contribution is 5.76. The van der Waals surface area contributed by atoms with E-state index < -0.39 is 11.6 Å². The van der Waals surface area contributed by atoms with Crippen molar-refractivity contribution in [2.45, 2.75) is 52.1 Å². The fourth-order valence-corrected chi connectivity index (χ4v) is 4.47. The van der Waals surface area contributed by atoms with E-state index in [-0.39, 0.29) is 29.7 Å². The van der Waals surface area contributed by atoms with Crippen LogP contribution in [-0.4, -0.2) is 54.2 Å². The molecular formula is C26H31F2N9O. The second-order valence-electron chi connectivity index (χ2n) is 9.89. The highest BCUT2D eigenvalue weighted by Crippen LogP contribution is 2.31. The minimum Gasteiger partial charge on any atom is -0.490 e. The summed E-state index contributed by atoms with van der Waals surface area (Å²) < 4.78 is 38.6. The van der Waals surface area contributed by atoms with Crippen molar-refractivity contribution in [1.82, 2.24) is 40.3 Å². The van der Waals surface area contributed by atoms with E-state index in [1.165, 1.54) is 12.1 Å². The second kappa shape index (κ2) is 11.2. The van der Waals surface area contributed by atoms with Crippen LogP contribution in [0.3, 0.4) is 0 Å². The Hall–Kier alpha value is -3.93. The van der Waals surface area contributed by atoms with Crippen molar-refractivity contribution in [3.63, 3.8) is 0 Å². The minimum atomic E-state index is -1.12. The van der Waals surface area contributed by atoms with Gasteiger partial charge in [0.25, 0.3) is 0 Å². The molecule has 1 fully saturated rings. The Kier molecular flexibility index (Phi) is 7.59. The first kappa shape index (κ1) is 25.7. The largest absolute Gasteiger partial charge is 0.490 e. The van der Waals surface area contributed by atoms with E-state index in [9.17, 15) is 4.39 Å². The van der Waals surface area contributed by atoms with Crippen molar-refractivity contribution in [1.29, 1.82) is 0 Å². The van der Waals surface area contributed by atoms with Gasteiger partial charge < -0.3 is 15.8 Å². The van der Waals surface area contributed by atoms with Crippen LogP contribution in [0, 0.1) is 17.6 Å². The number of aromatic nitrogens is 7. The summed E-state index contributed by atoms with van der Waals surface area (Å²) in [6.07, 6.45) is 9.20. The van der Waals surface area contributed by atoms with Gasteiger partial charge in [0.15, 0.2) is 17.4 Å². The molecule has 0 radical (unpaired) electrons. The molecular weight excluding hydrogens is 492 g/mol. The number of nitrogens with zero attached hydrogens (tertiary/aromatic N) is 7. The summed E-state index contributed by atoms with van der Waals surface area (Å²) in [6.45, 7) is 6.38. The third-order valence-corrected chi connectivity index (χ3v) is 6.67. The molecule has 3 N–H and O–H groups in total. The van der Waals surface area contributed by atoms with Gasteiger partial charge in [0.1, 0.15) is 11.5 Å². The third-order valence-electron chi connectivity index (χ3n) is 6.67. The quantitative estimate of drug-likeness (QED) is 0.320. The number of benzene rings is 1. The van der Waals surface area contributed by atoms with Crippen LogP contribution in [0.5, 0.6) is 5.75 Å². The molecule has 1 aliphatic heterocycles. The summed E-state index contributed by atoms with van der Waals surface area (Å²) in [6, 6.07) is 4.87. The number of halogens is 2. The SMILES string of the molecule is CC(C)CCn1cc(-c2cnc(N)c(-c3nnnn3-c3ccc(OCCC4CCCN4)c(F)c3F)c2)cn1. The lowest BCUT2D eigenvalue weighted by atomic mass is 10.1. The minimum absolute atomic E-state index is 0.128. The summed E-state index contributed by atoms with van der Waals surface area (Å²) in [7, 11) is 0. The number of nitrogens with one attached hydrogen (secondary N) is 1. The van der Waals surface area contributed by atoms with E-state index in [1.54, 1.807) is 18.5 Å². The number of nitrogens with two attached hydrogens (primary N) is 1. The predicted octanol–water partition coefficient (Wildman–Crippen LogP) is 4.02. The first-order valence-electron chi connectivity index (χ1n) is 12.8. The van der Waals surface area contributed by atoms with Crippen LogP contribution in [0.25, 0.3) is 28.2 Å². The Bertz CT molecular complexity index is 1400. The maximum atomic E-state index is 15.2. The van der Waals surface area contributed by atoms with Crippen LogP contribution in [0.4, 0.5) is 14.6 Å². The zero-order valence-electron chi connectivity index (χ0n) is 21.4. The standard InChI is InChI=1S/C26H31F2N9O/c1-16(2)7-10-36-15-18(14-32-36)17-12-20(25(29)31-13-17)26-33-34-35-37(26)21-5-6-22(24(28)23(21)27)38-11-8-19-4-3-9-30-19/h5-6,12-16,19,30H,3-4,7-11H2,1-2H3,(H2,29,31). The lowest BCUT2D eigenvalue weighted by molar-refractivity contribution is 0.274. The number of hydrogen-bond donors (Lipinski definition) is 2. The lowest BCUT2D eigenvalue weighted by Crippen LogP contribution is -2.23. The van der Waals surface area contributed by atoms with Crippen LogP contribution in [0.15, 0.2) is 36.8 Å². The van der Waals surface area contributed by atoms with Crippen molar-refractivity contribution in [2.75, 3.05) is 18.9 Å². The molecule has 1 atom stereocenters. The Morgan fingerprint density at radius 3 is 2.84 bits per heavy atom. The number of ether oxygens (including phenoxy) is 1. The van der Waals surface area contributed by atoms with Crippen LogP contribution in [0.2, 0.25) is 0 Å². The van der Waals surface area contributed by atoms with Crippen molar-refractivity contribution in [2.24, 2.45) is 5.92 Å². The molecule has 4 aromatic rings. The molecule has 5 rings (SSSR count). The molecule has 1 aliphatic rings. The maximum Gasteiger partial charge on any atom is 0.202 e. The molecule has 4 heterocycles. The first-order valence-corrected chi connectivity index (χ1v) is 12.8. The summed E-state index contributed by atoms with van der Waals surface area (Å²) >= 11 is 0. The van der Waals surface area contributed by atoms with E-state index in [2.05, 4.69) is 44.8 Å². The fraction of sp³-hybridized carbons (Fsp3) is 0.423. The summed E-state index contributed by atoms with van der Waals surface area (Å²) in [5.74, 6) is -1.54. The molecule has 0 saturated carbocycles. The average Bonchev–Trinajstić information content (AvgIpc) is 3.68. The summed E-state index contributed by atoms with van der Waals surface area (Å²) in [5.41, 5.74) is 7.95. The highest BCUT2D eigenvalue weighted by atomic mass is 19.2. The smallest absolute Gasteiger partial charge is 0.202 e. The molecule has 10 nitrogen and oxygen atoms in total. The average molecular weight is 524 g/mol. The fourth-order valence-electron chi connectivity index (χ4n) is 4.47. The van der Waals surface area contributed by atoms with Crippen molar-refractivity contribution in [3.05, 3.63) is 48.4 Å². The Balaban J connectivity index is 1.39. The monoisotopic (exact) mass is 523 g/mol. The number of nitrogen functional groups attached to an aromatic ring is 1. The topological polar surface area (TPSA) is 122 Å². The van der Waals surface area contributed by atoms with Crippen LogP contribution in [-0.2, 0) is 6.54 Å². The Morgan fingerprint density at radius 1 is 1.18 bits per heavy atom. The van der Waals surface area contributed by atoms with Gasteiger partial charge in [0, 0.05) is 36.1 Å². The molecule has 3 aromatic heterocycles. The molecule has 38 heavy (non-hydrogen) atoms. The van der Waals surface area contributed by atoms with Crippen LogP contribution < -0.4 is 15.8 Å². The van der Waals surface area contributed by atoms with Gasteiger partial charge in [-0.15, -0.1) is 5.10 Å². The lowest BCUT2D eigenvalue weighted by Gasteiger charge is -2.13. The van der Waals surface area contributed by atoms with Crippen molar-refractivity contribution < 1.29 is 13.5 Å². The summed E-state index contributed by atoms with van der Waals surface area (Å²) in [5, 5.41) is 19.4. The van der Waals surface area contributed by atoms with Crippen LogP contribution in [0.1, 0.15) is 39.5 Å². The maximum absolute atomic E-state index is 15.2. The molecule has 0 amide bonds. The van der Waals surface area contributed by atoms with Crippen molar-refractivity contribution >= 4 is 5.82 Å². The van der Waals surface area contributed by atoms with Gasteiger partial charge in [0.05, 0.1) is 18.4 Å². The Morgan fingerprint density at radius 2 is 2.05 bits per heavy atom. The molecule has 0 aliphatic carbocycles. The van der Waals surface area contributed by atoms with Gasteiger partial charge in [-0.2, -0.15) is 14.2 Å². The van der Waals surface area contributed by atoms with Crippen molar-refractivity contribution in [3.8, 4) is 34.0 Å². The Labute approximate surface area is 219 Å². The molecule has 1 aromatic carbocycles. The van der Waals surface area contributed by atoms with Crippen LogP contribution >= 0.6 is 0 Å². The van der Waals surface area contributed by atoms with Gasteiger partial charge >= 0.3 is 0 Å². The van der Waals surface area contributed by atoms with E-state index in [0.29, 0.717) is 17.5 Å². The third kappa shape index (κ3) is 5.49. The van der Waals surface area contributed by atoms with Gasteiger partial charge in [-0.3, -0.25) is 4.68 Å². The second-order valence-corrected chi connectivity index (χ2v) is 9.89. The number of pyridine rings is 1. The van der Waals surface area contributed by atoms with Gasteiger partial charge in [-0.05, 0) is 66.8 Å². The molecule has 1 saturated heterocycles. The normalized spacial score (nSPS) is 15.4. The first-order chi connectivity index (χ1) is 18.4. The zero-order chi connectivity index (χ0) is 26.6. The van der Waals surface area contributed by atoms with Gasteiger partial charge in [-0.25, -0.2) is 9.37 Å². The molecule has 1 unspecified atom stereocenters. The van der Waals surface area contributed by atoms with Gasteiger partial charge in [-0.1, -0.05) is 13.8 Å².